The molecule has 0 fully saturated rings. The Labute approximate surface area is 624 Å². The van der Waals surface area contributed by atoms with Crippen molar-refractivity contribution in [1.82, 2.24) is 49.7 Å². The number of unbranched alkanes of at least 4 members (excludes halogenated alkanes) is 12. The van der Waals surface area contributed by atoms with Gasteiger partial charge in [0.25, 0.3) is 70.7 Å². The highest BCUT2D eigenvalue weighted by molar-refractivity contribution is 6.20. The van der Waals surface area contributed by atoms with Gasteiger partial charge in [-0.1, -0.05) is 166 Å². The first-order valence-corrected chi connectivity index (χ1v) is 38.0. The molecule has 544 valence electrons. The summed E-state index contributed by atoms with van der Waals surface area (Å²) in [5.74, 6) is 2.08. The van der Waals surface area contributed by atoms with Crippen molar-refractivity contribution in [3.63, 3.8) is 0 Å². The van der Waals surface area contributed by atoms with E-state index in [0.29, 0.717) is 99.6 Å². The van der Waals surface area contributed by atoms with Crippen molar-refractivity contribution < 1.29 is 57.1 Å². The van der Waals surface area contributed by atoms with Gasteiger partial charge in [-0.2, -0.15) is 0 Å². The summed E-state index contributed by atoms with van der Waals surface area (Å²) < 4.78 is 59.3. The monoisotopic (exact) mass is 1440 g/mol. The minimum atomic E-state index is -1.58. The Morgan fingerprint density at radius 3 is 1.06 bits per heavy atom. The predicted molar refractivity (Wildman–Crippen MR) is 400 cm³/mol. The smallest absolute Gasteiger partial charge is 0.284 e. The summed E-state index contributed by atoms with van der Waals surface area (Å²) >= 11 is 0. The molecule has 22 heteroatoms. The maximum absolute atomic E-state index is 14.5. The molecule has 0 saturated heterocycles. The highest BCUT2D eigenvalue weighted by Gasteiger charge is 2.49. The van der Waals surface area contributed by atoms with Crippen molar-refractivity contribution in [2.24, 2.45) is 0 Å². The van der Waals surface area contributed by atoms with Gasteiger partial charge >= 0.3 is 0 Å². The Bertz CT molecular complexity index is 5480. The Hall–Kier alpha value is -12.0. The molecule has 4 amide bonds. The maximum atomic E-state index is 14.5. The zero-order chi connectivity index (χ0) is 73.9. The van der Waals surface area contributed by atoms with Crippen molar-refractivity contribution in [3.05, 3.63) is 170 Å². The van der Waals surface area contributed by atoms with Crippen LogP contribution in [-0.2, 0) is 5.60 Å². The molecule has 4 aromatic heterocycles. The first-order chi connectivity index (χ1) is 52.9. The second-order valence-corrected chi connectivity index (χ2v) is 28.7. The minimum absolute atomic E-state index is 0.0216. The molecule has 6 aromatic carbocycles. The molecule has 17 rings (SSSR count). The van der Waals surface area contributed by atoms with Gasteiger partial charge < -0.3 is 37.9 Å². The topological polar surface area (TPSA) is 252 Å². The number of rotatable bonds is 22. The minimum Gasteiger partial charge on any atom is -0.457 e. The lowest BCUT2D eigenvalue weighted by Crippen LogP contribution is -2.35. The van der Waals surface area contributed by atoms with Crippen LogP contribution >= 0.6 is 0 Å². The third kappa shape index (κ3) is 12.1. The molecule has 0 saturated carbocycles. The second kappa shape index (κ2) is 28.7. The zero-order valence-electron chi connectivity index (χ0n) is 60.6. The lowest BCUT2D eigenvalue weighted by molar-refractivity contribution is 0.0655. The van der Waals surface area contributed by atoms with E-state index in [-0.39, 0.29) is 94.4 Å². The number of ether oxygens (including phenoxy) is 8. The SMILES string of the molecule is C#CCN1C(=O)c2nc3c(nc2C1=O)Oc1cc2c4cc1C(CCCCCC)c1cc5c(cc1O3)Oc1nc3ccccc3nc1Oc1ccc(cc1[C@H]5CCCCCC)[C@@]1(CCCCCC)Oc3nc5c(nc3Oc3cc(c(cc31)[C@@H]4CCCCCC)Oc1nc3ccccc3nc1O2)C(=O)N(CC#C)C5=O. The van der Waals surface area contributed by atoms with Gasteiger partial charge in [0.1, 0.15) is 40.2 Å². The number of benzene rings is 6. The number of carbonyl (C=O) groups is 4. The average molecular weight is 1440 g/mol. The summed E-state index contributed by atoms with van der Waals surface area (Å²) in [6.45, 7) is 8.09. The van der Waals surface area contributed by atoms with Crippen molar-refractivity contribution >= 4 is 45.7 Å². The van der Waals surface area contributed by atoms with E-state index in [1.807, 2.05) is 78.9 Å². The Kier molecular flexibility index (Phi) is 18.3. The van der Waals surface area contributed by atoms with Gasteiger partial charge in [-0.15, -0.1) is 12.8 Å². The molecule has 4 atom stereocenters. The fourth-order valence-corrected chi connectivity index (χ4v) is 16.2. The summed E-state index contributed by atoms with van der Waals surface area (Å²) in [5, 5.41) is 0. The Morgan fingerprint density at radius 2 is 0.676 bits per heavy atom. The van der Waals surface area contributed by atoms with E-state index in [9.17, 15) is 19.2 Å². The first kappa shape index (κ1) is 69.0. The molecule has 1 unspecified atom stereocenters. The molecule has 0 spiro atoms. The molecular formula is C86H78N10O12. The van der Waals surface area contributed by atoms with Crippen LogP contribution in [0.4, 0.5) is 0 Å². The van der Waals surface area contributed by atoms with E-state index < -0.39 is 47.0 Å². The van der Waals surface area contributed by atoms with E-state index in [1.165, 1.54) is 0 Å². The lowest BCUT2D eigenvalue weighted by atomic mass is 9.75. The van der Waals surface area contributed by atoms with Crippen molar-refractivity contribution in [3.8, 4) is 112 Å². The number of amides is 4. The summed E-state index contributed by atoms with van der Waals surface area (Å²) in [6.07, 6.45) is 27.6. The molecule has 10 aromatic rings. The van der Waals surface area contributed by atoms with Gasteiger partial charge in [-0.3, -0.25) is 29.0 Å². The van der Waals surface area contributed by atoms with Crippen LogP contribution in [0.2, 0.25) is 0 Å². The number of imide groups is 2. The highest BCUT2D eigenvalue weighted by atomic mass is 16.6. The molecule has 8 bridgehead atoms. The quantitative estimate of drug-likeness (QED) is 0.0347. The Balaban J connectivity index is 1.04. The number of fused-ring (bicyclic) bond motifs is 10. The van der Waals surface area contributed by atoms with Crippen LogP contribution in [0.1, 0.15) is 260 Å². The van der Waals surface area contributed by atoms with Gasteiger partial charge in [0, 0.05) is 80.5 Å². The molecule has 7 aliphatic rings. The second-order valence-electron chi connectivity index (χ2n) is 28.7. The molecule has 0 N–H and O–H groups in total. The molecular weight excluding hydrogens is 1370 g/mol. The lowest BCUT2D eigenvalue weighted by Gasteiger charge is -2.36. The van der Waals surface area contributed by atoms with Gasteiger partial charge in [0.15, 0.2) is 28.4 Å². The summed E-state index contributed by atoms with van der Waals surface area (Å²) in [4.78, 5) is 100. The number of terminal acetylenes is 2. The van der Waals surface area contributed by atoms with Crippen molar-refractivity contribution in [1.29, 1.82) is 0 Å². The van der Waals surface area contributed by atoms with Crippen LogP contribution in [0, 0.1) is 24.7 Å². The Morgan fingerprint density at radius 1 is 0.352 bits per heavy atom. The molecule has 10 heterocycles. The van der Waals surface area contributed by atoms with Gasteiger partial charge in [0.05, 0.1) is 35.2 Å². The van der Waals surface area contributed by atoms with E-state index in [1.54, 1.807) is 0 Å². The van der Waals surface area contributed by atoms with E-state index in [0.717, 1.165) is 134 Å². The molecule has 1 aliphatic carbocycles. The van der Waals surface area contributed by atoms with E-state index in [2.05, 4.69) is 63.8 Å². The predicted octanol–water partition coefficient (Wildman–Crippen LogP) is 19.3. The molecule has 22 nitrogen and oxygen atoms in total. The first-order valence-electron chi connectivity index (χ1n) is 38.0. The average Bonchev–Trinajstić information content (AvgIpc) is 1.48. The maximum Gasteiger partial charge on any atom is 0.284 e. The van der Waals surface area contributed by atoms with Crippen LogP contribution in [0.5, 0.6) is 87.3 Å². The zero-order valence-corrected chi connectivity index (χ0v) is 60.6. The van der Waals surface area contributed by atoms with Gasteiger partial charge in [-0.05, 0) is 86.7 Å². The van der Waals surface area contributed by atoms with Crippen molar-refractivity contribution in [2.45, 2.75) is 179 Å². The number of hydrogen-bond acceptors (Lipinski definition) is 20. The number of hydrogen-bond donors (Lipinski definition) is 0. The largest absolute Gasteiger partial charge is 0.457 e. The third-order valence-electron chi connectivity index (χ3n) is 21.7. The van der Waals surface area contributed by atoms with Gasteiger partial charge in [0.2, 0.25) is 0 Å². The summed E-state index contributed by atoms with van der Waals surface area (Å²) in [6, 6.07) is 33.2. The normalized spacial score (nSPS) is 17.7. The van der Waals surface area contributed by atoms with E-state index >= 15 is 0 Å². The van der Waals surface area contributed by atoms with Crippen LogP contribution < -0.4 is 37.9 Å². The number of aromatic nitrogens is 8. The van der Waals surface area contributed by atoms with Crippen LogP contribution in [0.15, 0.2) is 103 Å². The van der Waals surface area contributed by atoms with Crippen molar-refractivity contribution in [2.75, 3.05) is 13.1 Å². The molecule has 0 radical (unpaired) electrons. The van der Waals surface area contributed by atoms with Crippen LogP contribution in [0.3, 0.4) is 0 Å². The third-order valence-corrected chi connectivity index (χ3v) is 21.7. The summed E-state index contributed by atoms with van der Waals surface area (Å²) in [5.41, 5.74) is 5.23. The van der Waals surface area contributed by atoms with Crippen LogP contribution in [0.25, 0.3) is 22.1 Å². The highest BCUT2D eigenvalue weighted by Crippen LogP contribution is 2.60. The standard InChI is InChI=1S/C86H78N10O12/c1-7-13-17-21-29-49-52-41-48-36-37-63(52)101-74-75(88-60-33-25-24-32-59(60)87-74)102-64-45-66-54(42-53(49)64)50(30-22-18-14-8-2)55-43-56-51(31-23-19-15-9-3)57-44-58-69(107-80-81(108-86(48,58)38-28-20-16-10-4)94-73-72(93-80)84(99)96(40-12-6)85(73)100)47-68(57)104-77-76(89-61-34-26-27-35-62(61)90-77)103-65(56)46-67(55)106-79-78(105-66)91-70-71(92-79)83(98)95(39-11-5)82(70)97/h5-6,24-27,32-37,41-47,49-51H,7-10,13-23,28-31,38-40H2,1-4H3/t49-,50?,51-,86-/m1/s1. The molecule has 108 heavy (non-hydrogen) atoms. The summed E-state index contributed by atoms with van der Waals surface area (Å²) in [7, 11) is 0. The van der Waals surface area contributed by atoms with Crippen LogP contribution in [-0.4, -0.2) is 86.4 Å². The number of nitrogens with zero attached hydrogens (tertiary/aromatic N) is 10. The molecule has 6 aliphatic heterocycles. The fraction of sp³-hybridized carbons (Fsp3) is 0.349. The number of carbonyl (C=O) groups excluding carboxylic acids is 4. The van der Waals surface area contributed by atoms with E-state index in [4.69, 9.17) is 90.6 Å². The van der Waals surface area contributed by atoms with Gasteiger partial charge in [-0.25, -0.2) is 39.9 Å². The fourth-order valence-electron chi connectivity index (χ4n) is 16.2. The number of para-hydroxylation sites is 4.